The first-order valence-corrected chi connectivity index (χ1v) is 14.5. The molecule has 0 spiro atoms. The van der Waals surface area contributed by atoms with E-state index in [0.717, 1.165) is 64.1 Å². The van der Waals surface area contributed by atoms with Crippen LogP contribution in [0.1, 0.15) is 53.7 Å². The lowest BCUT2D eigenvalue weighted by atomic mass is 9.87. The zero-order valence-corrected chi connectivity index (χ0v) is 24.3. The maximum atomic E-state index is 12.5. The van der Waals surface area contributed by atoms with E-state index in [1.807, 2.05) is 39.1 Å². The van der Waals surface area contributed by atoms with Crippen LogP contribution in [-0.4, -0.2) is 54.1 Å². The first-order valence-electron chi connectivity index (χ1n) is 13.6. The average Bonchev–Trinajstić information content (AvgIpc) is 3.48. The van der Waals surface area contributed by atoms with Gasteiger partial charge in [0.05, 0.1) is 5.69 Å². The van der Waals surface area contributed by atoms with E-state index in [9.17, 15) is 4.79 Å². The van der Waals surface area contributed by atoms with E-state index >= 15 is 0 Å². The molecular weight excluding hydrogens is 510 g/mol. The first kappa shape index (κ1) is 28.6. The largest absolute Gasteiger partial charge is 0.488 e. The fourth-order valence-electron chi connectivity index (χ4n) is 5.66. The minimum Gasteiger partial charge on any atom is -0.488 e. The van der Waals surface area contributed by atoms with Crippen LogP contribution in [-0.2, 0) is 11.4 Å². The second-order valence-electron chi connectivity index (χ2n) is 10.7. The van der Waals surface area contributed by atoms with Gasteiger partial charge in [0, 0.05) is 43.2 Å². The van der Waals surface area contributed by atoms with Gasteiger partial charge in [0.15, 0.2) is 5.13 Å². The van der Waals surface area contributed by atoms with Gasteiger partial charge in [-0.1, -0.05) is 24.6 Å². The van der Waals surface area contributed by atoms with Crippen molar-refractivity contribution in [2.24, 2.45) is 17.8 Å². The summed E-state index contributed by atoms with van der Waals surface area (Å²) >= 11 is 1.75. The fourth-order valence-corrected chi connectivity index (χ4v) is 6.51. The van der Waals surface area contributed by atoms with Crippen molar-refractivity contribution in [3.63, 3.8) is 0 Å². The van der Waals surface area contributed by atoms with Crippen LogP contribution in [0, 0.1) is 31.6 Å². The van der Waals surface area contributed by atoms with Crippen molar-refractivity contribution in [2.75, 3.05) is 31.6 Å². The van der Waals surface area contributed by atoms with Crippen LogP contribution in [0.5, 0.6) is 5.75 Å². The van der Waals surface area contributed by atoms with E-state index in [1.165, 1.54) is 18.4 Å². The highest BCUT2D eigenvalue weighted by Gasteiger charge is 2.39. The Kier molecular flexibility index (Phi) is 9.28. The monoisotopic (exact) mass is 549 g/mol. The molecule has 2 bridgehead atoms. The van der Waals surface area contributed by atoms with Gasteiger partial charge in [0.1, 0.15) is 12.4 Å². The van der Waals surface area contributed by atoms with E-state index in [0.29, 0.717) is 18.7 Å². The number of amides is 1. The highest BCUT2D eigenvalue weighted by molar-refractivity contribution is 7.14. The van der Waals surface area contributed by atoms with Crippen molar-refractivity contribution in [3.05, 3.63) is 64.0 Å². The van der Waals surface area contributed by atoms with Crippen LogP contribution in [0.3, 0.4) is 0 Å². The number of fused-ring (bicyclic) bond motifs is 2. The predicted molar refractivity (Wildman–Crippen MR) is 157 cm³/mol. The molecule has 3 aromatic rings. The number of carboxylic acid groups (broad SMARTS) is 1. The number of aryl methyl sites for hydroxylation is 2. The van der Waals surface area contributed by atoms with Gasteiger partial charge in [-0.05, 0) is 86.8 Å². The fraction of sp³-hybridized carbons (Fsp3) is 0.452. The summed E-state index contributed by atoms with van der Waals surface area (Å²) < 4.78 is 6.35. The summed E-state index contributed by atoms with van der Waals surface area (Å²) in [5.74, 6) is 3.35. The van der Waals surface area contributed by atoms with E-state index in [1.54, 1.807) is 16.2 Å². The molecule has 5 rings (SSSR count). The van der Waals surface area contributed by atoms with Gasteiger partial charge in [-0.2, -0.15) is 0 Å². The molecule has 1 N–H and O–H groups in total. The number of carbonyl (C=O) groups is 2. The number of nitrogens with zero attached hydrogens (tertiary/aromatic N) is 3. The number of aromatic nitrogens is 1. The third-order valence-corrected chi connectivity index (χ3v) is 9.17. The molecule has 1 aliphatic heterocycles. The van der Waals surface area contributed by atoms with E-state index in [4.69, 9.17) is 19.6 Å². The van der Waals surface area contributed by atoms with Crippen molar-refractivity contribution in [1.29, 1.82) is 0 Å². The molecule has 2 atom stereocenters. The molecule has 1 saturated heterocycles. The van der Waals surface area contributed by atoms with Crippen molar-refractivity contribution < 1.29 is 19.4 Å². The molecule has 1 aliphatic carbocycles. The summed E-state index contributed by atoms with van der Waals surface area (Å²) in [5, 5.41) is 10.2. The summed E-state index contributed by atoms with van der Waals surface area (Å²) in [5.41, 5.74) is 6.07. The standard InChI is InChI=1S/C30H37N3O2S.CH2O2/c1-6-32(5)29(34)22-8-11-25(20(3)14-22)17-35-28-12-7-19(2)13-26(28)27-18-36-30(31-27)33-15-23-9-10-24(16-33)21(23)4;2-1-3/h7-8,11-14,18,21,23-24H,6,9-10,15-17H2,1-5H3;1H,(H,2,3). The molecule has 2 heterocycles. The molecule has 2 fully saturated rings. The number of anilines is 1. The SMILES string of the molecule is CCN(C)C(=O)c1ccc(COc2ccc(C)cc2-c2csc(N3CC4CCC(C3)C4C)n2)c(C)c1.O=CO. The molecule has 2 unspecified atom stereocenters. The summed E-state index contributed by atoms with van der Waals surface area (Å²) in [4.78, 5) is 30.2. The lowest BCUT2D eigenvalue weighted by Crippen LogP contribution is -2.40. The topological polar surface area (TPSA) is 83.0 Å². The smallest absolute Gasteiger partial charge is 0.290 e. The van der Waals surface area contributed by atoms with Gasteiger partial charge in [-0.15, -0.1) is 11.3 Å². The highest BCUT2D eigenvalue weighted by Crippen LogP contribution is 2.44. The molecule has 2 aliphatic rings. The molecule has 0 radical (unpaired) electrons. The minimum atomic E-state index is -0.250. The Labute approximate surface area is 235 Å². The number of hydrogen-bond donors (Lipinski definition) is 1. The van der Waals surface area contributed by atoms with Crippen LogP contribution in [0.4, 0.5) is 5.13 Å². The summed E-state index contributed by atoms with van der Waals surface area (Å²) in [6.45, 7) is 11.7. The van der Waals surface area contributed by atoms with Gasteiger partial charge in [0.25, 0.3) is 12.4 Å². The lowest BCUT2D eigenvalue weighted by molar-refractivity contribution is -0.122. The Hall–Kier alpha value is -3.39. The van der Waals surface area contributed by atoms with Gasteiger partial charge < -0.3 is 19.6 Å². The van der Waals surface area contributed by atoms with Crippen molar-refractivity contribution >= 4 is 28.8 Å². The van der Waals surface area contributed by atoms with Gasteiger partial charge in [-0.3, -0.25) is 9.59 Å². The molecule has 1 aromatic heterocycles. The summed E-state index contributed by atoms with van der Waals surface area (Å²) in [6, 6.07) is 12.2. The summed E-state index contributed by atoms with van der Waals surface area (Å²) in [6.07, 6.45) is 2.72. The Morgan fingerprint density at radius 3 is 2.51 bits per heavy atom. The minimum absolute atomic E-state index is 0.0457. The maximum Gasteiger partial charge on any atom is 0.290 e. The van der Waals surface area contributed by atoms with E-state index < -0.39 is 0 Å². The number of rotatable bonds is 7. The zero-order valence-electron chi connectivity index (χ0n) is 23.5. The van der Waals surface area contributed by atoms with Crippen LogP contribution < -0.4 is 9.64 Å². The summed E-state index contributed by atoms with van der Waals surface area (Å²) in [7, 11) is 1.83. The second kappa shape index (κ2) is 12.6. The predicted octanol–water partition coefficient (Wildman–Crippen LogP) is 6.28. The van der Waals surface area contributed by atoms with Gasteiger partial charge in [0.2, 0.25) is 0 Å². The second-order valence-corrected chi connectivity index (χ2v) is 11.6. The normalized spacial score (nSPS) is 19.7. The highest BCUT2D eigenvalue weighted by atomic mass is 32.1. The molecule has 8 heteroatoms. The molecule has 1 amide bonds. The van der Waals surface area contributed by atoms with Crippen LogP contribution in [0.2, 0.25) is 0 Å². The van der Waals surface area contributed by atoms with Crippen molar-refractivity contribution in [2.45, 2.75) is 47.1 Å². The molecule has 7 nitrogen and oxygen atoms in total. The number of hydrogen-bond acceptors (Lipinski definition) is 6. The molecule has 2 aromatic carbocycles. The molecule has 208 valence electrons. The average molecular weight is 550 g/mol. The third kappa shape index (κ3) is 6.44. The number of ether oxygens (including phenoxy) is 1. The van der Waals surface area contributed by atoms with Crippen LogP contribution in [0.15, 0.2) is 41.8 Å². The third-order valence-electron chi connectivity index (χ3n) is 8.27. The first-order chi connectivity index (χ1) is 18.7. The lowest BCUT2D eigenvalue weighted by Gasteiger charge is -2.36. The van der Waals surface area contributed by atoms with Gasteiger partial charge in [-0.25, -0.2) is 4.98 Å². The number of benzene rings is 2. The van der Waals surface area contributed by atoms with Crippen molar-refractivity contribution in [1.82, 2.24) is 9.88 Å². The van der Waals surface area contributed by atoms with Crippen molar-refractivity contribution in [3.8, 4) is 17.0 Å². The van der Waals surface area contributed by atoms with E-state index in [2.05, 4.69) is 42.3 Å². The van der Waals surface area contributed by atoms with Crippen LogP contribution >= 0.6 is 11.3 Å². The van der Waals surface area contributed by atoms with Crippen LogP contribution in [0.25, 0.3) is 11.3 Å². The zero-order chi connectivity index (χ0) is 28.1. The quantitative estimate of drug-likeness (QED) is 0.349. The molecule has 39 heavy (non-hydrogen) atoms. The number of thiazole rings is 1. The molecular formula is C31H39N3O4S. The van der Waals surface area contributed by atoms with Gasteiger partial charge >= 0.3 is 0 Å². The number of piperidine rings is 1. The number of carbonyl (C=O) groups excluding carboxylic acids is 1. The Morgan fingerprint density at radius 2 is 1.87 bits per heavy atom. The Balaban J connectivity index is 0.00000112. The maximum absolute atomic E-state index is 12.5. The Morgan fingerprint density at radius 1 is 1.18 bits per heavy atom. The Bertz CT molecular complexity index is 1290. The van der Waals surface area contributed by atoms with E-state index in [-0.39, 0.29) is 12.4 Å². The molecule has 1 saturated carbocycles.